The first kappa shape index (κ1) is 20.4. The van der Waals surface area contributed by atoms with Gasteiger partial charge in [0.15, 0.2) is 0 Å². The van der Waals surface area contributed by atoms with Crippen LogP contribution in [0.1, 0.15) is 97.3 Å². The molecule has 0 saturated carbocycles. The van der Waals surface area contributed by atoms with E-state index in [2.05, 4.69) is 6.92 Å². The van der Waals surface area contributed by atoms with Crippen LogP contribution in [0.4, 0.5) is 0 Å². The van der Waals surface area contributed by atoms with Crippen LogP contribution in [0.25, 0.3) is 0 Å². The number of rotatable bonds is 15. The summed E-state index contributed by atoms with van der Waals surface area (Å²) in [4.78, 5) is 10.8. The summed E-state index contributed by atoms with van der Waals surface area (Å²) in [5.41, 5.74) is 0. The van der Waals surface area contributed by atoms with Gasteiger partial charge in [-0.3, -0.25) is 0 Å². The van der Waals surface area contributed by atoms with Gasteiger partial charge in [-0.25, -0.2) is 0 Å². The first-order valence-electron chi connectivity index (χ1n) is 8.98. The lowest BCUT2D eigenvalue weighted by atomic mass is 9.96. The Morgan fingerprint density at radius 1 is 0.857 bits per heavy atom. The third-order valence-electron chi connectivity index (χ3n) is 4.25. The molecule has 21 heavy (non-hydrogen) atoms. The van der Waals surface area contributed by atoms with Crippen molar-refractivity contribution >= 4 is 5.97 Å². The predicted octanol–water partition coefficient (Wildman–Crippen LogP) is 3.82. The molecule has 0 aliphatic rings. The summed E-state index contributed by atoms with van der Waals surface area (Å²) in [6, 6.07) is 0. The number of carbonyl (C=O) groups excluding carboxylic acids is 1. The van der Waals surface area contributed by atoms with Gasteiger partial charge >= 0.3 is 0 Å². The molecule has 0 amide bonds. The number of aliphatic carboxylic acids is 1. The van der Waals surface area contributed by atoms with Gasteiger partial charge in [0.1, 0.15) is 0 Å². The number of aliphatic hydroxyl groups is 1. The van der Waals surface area contributed by atoms with Crippen LogP contribution in [0, 0.1) is 5.92 Å². The van der Waals surface area contributed by atoms with E-state index in [-0.39, 0.29) is 0 Å². The summed E-state index contributed by atoms with van der Waals surface area (Å²) < 4.78 is 0. The third kappa shape index (κ3) is 12.9. The Kier molecular flexibility index (Phi) is 14.0. The standard InChI is InChI=1S/C18H36O3/c1-3-4-5-6-7-8-9-10-11-12-13-14-15-17(16(2)19)18(20)21/h16-17,19H,3-15H2,1-2H3,(H,20,21)/p-1. The fraction of sp³-hybridized carbons (Fsp3) is 0.944. The van der Waals surface area contributed by atoms with Crippen LogP contribution in [-0.4, -0.2) is 17.2 Å². The van der Waals surface area contributed by atoms with Crippen LogP contribution in [0.5, 0.6) is 0 Å². The van der Waals surface area contributed by atoms with Crippen molar-refractivity contribution in [3.8, 4) is 0 Å². The van der Waals surface area contributed by atoms with Gasteiger partial charge in [0.2, 0.25) is 0 Å². The van der Waals surface area contributed by atoms with Crippen molar-refractivity contribution in [1.82, 2.24) is 0 Å². The number of aliphatic hydroxyl groups excluding tert-OH is 1. The topological polar surface area (TPSA) is 60.4 Å². The minimum Gasteiger partial charge on any atom is -0.550 e. The maximum atomic E-state index is 10.8. The maximum Gasteiger partial charge on any atom is 0.0592 e. The molecular weight excluding hydrogens is 264 g/mol. The van der Waals surface area contributed by atoms with Gasteiger partial charge in [0, 0.05) is 11.9 Å². The average molecular weight is 299 g/mol. The van der Waals surface area contributed by atoms with Crippen molar-refractivity contribution in [2.75, 3.05) is 0 Å². The molecule has 0 aromatic rings. The fourth-order valence-electron chi connectivity index (χ4n) is 2.76. The largest absolute Gasteiger partial charge is 0.550 e. The molecule has 0 aliphatic heterocycles. The highest BCUT2D eigenvalue weighted by molar-refractivity contribution is 5.68. The summed E-state index contributed by atoms with van der Waals surface area (Å²) in [5.74, 6) is -1.82. The minimum atomic E-state index is -1.12. The van der Waals surface area contributed by atoms with Gasteiger partial charge in [-0.05, 0) is 13.3 Å². The molecule has 0 fully saturated rings. The molecule has 0 saturated heterocycles. The second kappa shape index (κ2) is 14.4. The highest BCUT2D eigenvalue weighted by Crippen LogP contribution is 2.16. The summed E-state index contributed by atoms with van der Waals surface area (Å²) in [6.45, 7) is 3.78. The van der Waals surface area contributed by atoms with Crippen LogP contribution in [0.2, 0.25) is 0 Å². The number of unbranched alkanes of at least 4 members (excludes halogenated alkanes) is 11. The zero-order valence-electron chi connectivity index (χ0n) is 14.1. The molecule has 0 bridgehead atoms. The molecule has 0 aromatic heterocycles. The molecule has 0 aliphatic carbocycles. The molecule has 3 heteroatoms. The first-order chi connectivity index (χ1) is 10.1. The number of carbonyl (C=O) groups is 1. The van der Waals surface area contributed by atoms with Gasteiger partial charge in [0.25, 0.3) is 0 Å². The lowest BCUT2D eigenvalue weighted by Gasteiger charge is -2.20. The van der Waals surface area contributed by atoms with Gasteiger partial charge < -0.3 is 15.0 Å². The number of hydrogen-bond donors (Lipinski definition) is 1. The van der Waals surface area contributed by atoms with Gasteiger partial charge in [0.05, 0.1) is 6.10 Å². The number of carboxylic acids is 1. The van der Waals surface area contributed by atoms with Crippen molar-refractivity contribution in [1.29, 1.82) is 0 Å². The van der Waals surface area contributed by atoms with E-state index in [0.29, 0.717) is 6.42 Å². The van der Waals surface area contributed by atoms with E-state index in [4.69, 9.17) is 0 Å². The Balaban J connectivity index is 3.27. The van der Waals surface area contributed by atoms with E-state index < -0.39 is 18.0 Å². The molecule has 0 spiro atoms. The zero-order valence-corrected chi connectivity index (χ0v) is 14.1. The molecular formula is C18H35O3-. The highest BCUT2D eigenvalue weighted by Gasteiger charge is 2.15. The molecule has 0 rings (SSSR count). The van der Waals surface area contributed by atoms with E-state index >= 15 is 0 Å². The normalized spacial score (nSPS) is 14.0. The van der Waals surface area contributed by atoms with Crippen molar-refractivity contribution in [2.24, 2.45) is 5.92 Å². The Morgan fingerprint density at radius 2 is 1.24 bits per heavy atom. The summed E-state index contributed by atoms with van der Waals surface area (Å²) in [7, 11) is 0. The average Bonchev–Trinajstić information content (AvgIpc) is 2.43. The minimum absolute atomic E-state index is 0.539. The molecule has 0 radical (unpaired) electrons. The van der Waals surface area contributed by atoms with Crippen LogP contribution in [-0.2, 0) is 4.79 Å². The molecule has 3 nitrogen and oxygen atoms in total. The van der Waals surface area contributed by atoms with E-state index in [9.17, 15) is 15.0 Å². The highest BCUT2D eigenvalue weighted by atomic mass is 16.4. The zero-order chi connectivity index (χ0) is 15.9. The lowest BCUT2D eigenvalue weighted by Crippen LogP contribution is -2.37. The number of hydrogen-bond acceptors (Lipinski definition) is 3. The Morgan fingerprint density at radius 3 is 1.57 bits per heavy atom. The maximum absolute atomic E-state index is 10.8. The van der Waals surface area contributed by atoms with Gasteiger partial charge in [-0.1, -0.05) is 84.0 Å². The van der Waals surface area contributed by atoms with E-state index in [0.717, 1.165) is 12.8 Å². The van der Waals surface area contributed by atoms with Gasteiger partial charge in [-0.2, -0.15) is 0 Å². The molecule has 2 atom stereocenters. The molecule has 2 unspecified atom stereocenters. The lowest BCUT2D eigenvalue weighted by molar-refractivity contribution is -0.314. The van der Waals surface area contributed by atoms with Crippen LogP contribution >= 0.6 is 0 Å². The van der Waals surface area contributed by atoms with Crippen molar-refractivity contribution in [3.63, 3.8) is 0 Å². The summed E-state index contributed by atoms with van der Waals surface area (Å²) >= 11 is 0. The predicted molar refractivity (Wildman–Crippen MR) is 85.9 cm³/mol. The molecule has 126 valence electrons. The van der Waals surface area contributed by atoms with E-state index in [1.807, 2.05) is 0 Å². The second-order valence-corrected chi connectivity index (χ2v) is 6.34. The monoisotopic (exact) mass is 299 g/mol. The molecule has 1 N–H and O–H groups in total. The Hall–Kier alpha value is -0.570. The van der Waals surface area contributed by atoms with Crippen molar-refractivity contribution < 1.29 is 15.0 Å². The smallest absolute Gasteiger partial charge is 0.0592 e. The number of carboxylic acid groups (broad SMARTS) is 1. The Labute approximate surface area is 131 Å². The SMILES string of the molecule is CCCCCCCCCCCCCCC(C(=O)[O-])C(C)O. The quantitative estimate of drug-likeness (QED) is 0.468. The molecule has 0 aromatic carbocycles. The van der Waals surface area contributed by atoms with Crippen molar-refractivity contribution in [3.05, 3.63) is 0 Å². The summed E-state index contributed by atoms with van der Waals surface area (Å²) in [6.07, 6.45) is 14.9. The third-order valence-corrected chi connectivity index (χ3v) is 4.25. The fourth-order valence-corrected chi connectivity index (χ4v) is 2.76. The first-order valence-corrected chi connectivity index (χ1v) is 8.98. The van der Waals surface area contributed by atoms with Crippen LogP contribution < -0.4 is 5.11 Å². The molecule has 0 heterocycles. The summed E-state index contributed by atoms with van der Waals surface area (Å²) in [5, 5.41) is 20.1. The van der Waals surface area contributed by atoms with E-state index in [1.54, 1.807) is 0 Å². The van der Waals surface area contributed by atoms with Crippen LogP contribution in [0.3, 0.4) is 0 Å². The second-order valence-electron chi connectivity index (χ2n) is 6.34. The van der Waals surface area contributed by atoms with Crippen molar-refractivity contribution in [2.45, 2.75) is 103 Å². The van der Waals surface area contributed by atoms with Gasteiger partial charge in [-0.15, -0.1) is 0 Å². The Bertz CT molecular complexity index is 239. The van der Waals surface area contributed by atoms with Crippen LogP contribution in [0.15, 0.2) is 0 Å². The van der Waals surface area contributed by atoms with E-state index in [1.165, 1.54) is 71.1 Å².